The third-order valence-electron chi connectivity index (χ3n) is 4.00. The molecule has 0 heterocycles. The quantitative estimate of drug-likeness (QED) is 0.567. The predicted octanol–water partition coefficient (Wildman–Crippen LogP) is 3.11. The van der Waals surface area contributed by atoms with Crippen LogP contribution in [-0.2, 0) is 11.2 Å². The molecule has 0 fully saturated rings. The number of nitrogens with one attached hydrogen (secondary N) is 2. The summed E-state index contributed by atoms with van der Waals surface area (Å²) in [4.78, 5) is 12.1. The highest BCUT2D eigenvalue weighted by atomic mass is 16.5. The summed E-state index contributed by atoms with van der Waals surface area (Å²) >= 11 is 0. The zero-order valence-corrected chi connectivity index (χ0v) is 15.0. The highest BCUT2D eigenvalue weighted by molar-refractivity contribution is 5.97. The van der Waals surface area contributed by atoms with Crippen LogP contribution in [0.3, 0.4) is 0 Å². The Morgan fingerprint density at radius 3 is 2.50 bits per heavy atom. The lowest BCUT2D eigenvalue weighted by Gasteiger charge is -2.13. The van der Waals surface area contributed by atoms with Crippen molar-refractivity contribution >= 4 is 5.91 Å². The summed E-state index contributed by atoms with van der Waals surface area (Å²) in [5.74, 6) is 0.407. The molecule has 0 aliphatic rings. The summed E-state index contributed by atoms with van der Waals surface area (Å²) in [6.07, 6.45) is 2.19. The molecule has 5 nitrogen and oxygen atoms in total. The van der Waals surface area contributed by atoms with E-state index < -0.39 is 0 Å². The first-order valence-corrected chi connectivity index (χ1v) is 8.46. The molecule has 134 valence electrons. The molecule has 2 aromatic rings. The van der Waals surface area contributed by atoms with Gasteiger partial charge in [-0.05, 0) is 36.6 Å². The van der Waals surface area contributed by atoms with Crippen LogP contribution in [0.1, 0.15) is 24.1 Å². The molecule has 0 aromatic heterocycles. The van der Waals surface area contributed by atoms with Gasteiger partial charge in [-0.2, -0.15) is 5.26 Å². The van der Waals surface area contributed by atoms with Gasteiger partial charge in [-0.15, -0.1) is 0 Å². The second-order valence-electron chi connectivity index (χ2n) is 5.82. The lowest BCUT2D eigenvalue weighted by molar-refractivity contribution is -0.117. The van der Waals surface area contributed by atoms with Crippen molar-refractivity contribution in [2.75, 3.05) is 13.7 Å². The maximum absolute atomic E-state index is 12.1. The number of nitrogens with zero attached hydrogens (tertiary/aromatic N) is 1. The second-order valence-corrected chi connectivity index (χ2v) is 5.82. The van der Waals surface area contributed by atoms with Crippen LogP contribution in [0, 0.1) is 11.3 Å². The van der Waals surface area contributed by atoms with E-state index in [-0.39, 0.29) is 17.5 Å². The van der Waals surface area contributed by atoms with Gasteiger partial charge in [0.25, 0.3) is 5.91 Å². The van der Waals surface area contributed by atoms with E-state index in [9.17, 15) is 10.1 Å². The summed E-state index contributed by atoms with van der Waals surface area (Å²) < 4.78 is 5.14. The molecular formula is C21H23N3O2. The summed E-state index contributed by atoms with van der Waals surface area (Å²) in [5.41, 5.74) is 2.23. The summed E-state index contributed by atoms with van der Waals surface area (Å²) in [6, 6.07) is 19.4. The summed E-state index contributed by atoms with van der Waals surface area (Å²) in [7, 11) is 1.62. The Morgan fingerprint density at radius 2 is 1.88 bits per heavy atom. The Balaban J connectivity index is 1.87. The van der Waals surface area contributed by atoms with Crippen molar-refractivity contribution in [3.8, 4) is 11.8 Å². The van der Waals surface area contributed by atoms with Crippen molar-refractivity contribution in [3.05, 3.63) is 77.5 Å². The number of ether oxygens (including phenoxy) is 1. The van der Waals surface area contributed by atoms with Crippen molar-refractivity contribution in [2.45, 2.75) is 19.4 Å². The lowest BCUT2D eigenvalue weighted by Crippen LogP contribution is -2.28. The fourth-order valence-electron chi connectivity index (χ4n) is 2.41. The van der Waals surface area contributed by atoms with Crippen LogP contribution in [0.15, 0.2) is 66.4 Å². The van der Waals surface area contributed by atoms with E-state index in [2.05, 4.69) is 10.6 Å². The smallest absolute Gasteiger partial charge is 0.263 e. The van der Waals surface area contributed by atoms with Crippen molar-refractivity contribution in [1.82, 2.24) is 10.6 Å². The minimum atomic E-state index is -0.377. The Morgan fingerprint density at radius 1 is 1.19 bits per heavy atom. The van der Waals surface area contributed by atoms with Crippen molar-refractivity contribution in [2.24, 2.45) is 0 Å². The number of carbonyl (C=O) groups excluding carboxylic acids is 1. The van der Waals surface area contributed by atoms with E-state index in [4.69, 9.17) is 4.74 Å². The standard InChI is InChI=1S/C21H23N3O2/c1-16(18-8-10-20(26-2)11-9-18)24-15-19(14-22)21(25)23-13-12-17-6-4-3-5-7-17/h3-11,15-16,24H,12-13H2,1-2H3,(H,23,25)/b19-15-. The van der Waals surface area contributed by atoms with Gasteiger partial charge in [-0.25, -0.2) is 0 Å². The number of amides is 1. The SMILES string of the molecule is COc1ccc(C(C)N/C=C(/C#N)C(=O)NCCc2ccccc2)cc1. The van der Waals surface area contributed by atoms with E-state index >= 15 is 0 Å². The third-order valence-corrected chi connectivity index (χ3v) is 4.00. The molecule has 2 N–H and O–H groups in total. The zero-order valence-electron chi connectivity index (χ0n) is 15.0. The topological polar surface area (TPSA) is 74.1 Å². The van der Waals surface area contributed by atoms with Crippen LogP contribution in [0.5, 0.6) is 5.75 Å². The second kappa shape index (κ2) is 9.90. The Labute approximate surface area is 154 Å². The van der Waals surface area contributed by atoms with Gasteiger partial charge in [0.1, 0.15) is 17.4 Å². The van der Waals surface area contributed by atoms with Gasteiger partial charge < -0.3 is 15.4 Å². The number of hydrogen-bond donors (Lipinski definition) is 2. The molecule has 0 saturated heterocycles. The van der Waals surface area contributed by atoms with Gasteiger partial charge >= 0.3 is 0 Å². The van der Waals surface area contributed by atoms with Crippen LogP contribution < -0.4 is 15.4 Å². The van der Waals surface area contributed by atoms with Crippen molar-refractivity contribution in [3.63, 3.8) is 0 Å². The number of methoxy groups -OCH3 is 1. The molecule has 0 radical (unpaired) electrons. The first-order chi connectivity index (χ1) is 12.6. The van der Waals surface area contributed by atoms with E-state index in [1.807, 2.05) is 67.6 Å². The molecular weight excluding hydrogens is 326 g/mol. The van der Waals surface area contributed by atoms with Crippen LogP contribution in [0.2, 0.25) is 0 Å². The van der Waals surface area contributed by atoms with Gasteiger partial charge in [0.15, 0.2) is 0 Å². The molecule has 2 rings (SSSR count). The molecule has 1 atom stereocenters. The van der Waals surface area contributed by atoms with E-state index in [1.165, 1.54) is 6.20 Å². The van der Waals surface area contributed by atoms with Crippen LogP contribution in [0.25, 0.3) is 0 Å². The number of carbonyl (C=O) groups is 1. The van der Waals surface area contributed by atoms with E-state index in [0.717, 1.165) is 23.3 Å². The molecule has 0 saturated carbocycles. The Kier molecular flexibility index (Phi) is 7.26. The Hall–Kier alpha value is -3.26. The van der Waals surface area contributed by atoms with Crippen LogP contribution in [-0.4, -0.2) is 19.6 Å². The minimum absolute atomic E-state index is 0.0404. The molecule has 0 spiro atoms. The van der Waals surface area contributed by atoms with Crippen molar-refractivity contribution < 1.29 is 9.53 Å². The van der Waals surface area contributed by atoms with Gasteiger partial charge in [-0.3, -0.25) is 4.79 Å². The molecule has 1 unspecified atom stereocenters. The number of nitriles is 1. The maximum atomic E-state index is 12.1. The molecule has 0 aliphatic heterocycles. The zero-order chi connectivity index (χ0) is 18.8. The molecule has 2 aromatic carbocycles. The normalized spacial score (nSPS) is 12.0. The molecule has 26 heavy (non-hydrogen) atoms. The van der Waals surface area contributed by atoms with Gasteiger partial charge in [-0.1, -0.05) is 42.5 Å². The van der Waals surface area contributed by atoms with Crippen molar-refractivity contribution in [1.29, 1.82) is 5.26 Å². The fraction of sp³-hybridized carbons (Fsp3) is 0.238. The molecule has 5 heteroatoms. The average Bonchev–Trinajstić information content (AvgIpc) is 2.69. The predicted molar refractivity (Wildman–Crippen MR) is 101 cm³/mol. The fourth-order valence-corrected chi connectivity index (χ4v) is 2.41. The number of hydrogen-bond acceptors (Lipinski definition) is 4. The number of rotatable bonds is 8. The number of benzene rings is 2. The van der Waals surface area contributed by atoms with E-state index in [0.29, 0.717) is 6.54 Å². The van der Waals surface area contributed by atoms with Gasteiger partial charge in [0.05, 0.1) is 7.11 Å². The first kappa shape index (κ1) is 19.1. The summed E-state index contributed by atoms with van der Waals surface area (Å²) in [6.45, 7) is 2.44. The van der Waals surface area contributed by atoms with Crippen LogP contribution >= 0.6 is 0 Å². The molecule has 0 aliphatic carbocycles. The lowest BCUT2D eigenvalue weighted by atomic mass is 10.1. The molecule has 0 bridgehead atoms. The molecule has 1 amide bonds. The van der Waals surface area contributed by atoms with Gasteiger partial charge in [0, 0.05) is 18.8 Å². The monoisotopic (exact) mass is 349 g/mol. The largest absolute Gasteiger partial charge is 0.497 e. The highest BCUT2D eigenvalue weighted by Crippen LogP contribution is 2.17. The summed E-state index contributed by atoms with van der Waals surface area (Å²) in [5, 5.41) is 15.1. The van der Waals surface area contributed by atoms with Crippen LogP contribution in [0.4, 0.5) is 0 Å². The maximum Gasteiger partial charge on any atom is 0.263 e. The Bertz CT molecular complexity index is 777. The van der Waals surface area contributed by atoms with E-state index in [1.54, 1.807) is 7.11 Å². The third kappa shape index (κ3) is 5.67. The average molecular weight is 349 g/mol. The highest BCUT2D eigenvalue weighted by Gasteiger charge is 2.10. The minimum Gasteiger partial charge on any atom is -0.497 e. The van der Waals surface area contributed by atoms with Gasteiger partial charge in [0.2, 0.25) is 0 Å². The first-order valence-electron chi connectivity index (χ1n) is 8.46.